The first kappa shape index (κ1) is 17.4. The van der Waals surface area contributed by atoms with Crippen molar-refractivity contribution in [1.82, 2.24) is 4.31 Å². The van der Waals surface area contributed by atoms with E-state index in [2.05, 4.69) is 0 Å². The molecular formula is C19H25NO3S. The Labute approximate surface area is 144 Å². The van der Waals surface area contributed by atoms with Crippen molar-refractivity contribution in [2.75, 3.05) is 19.7 Å². The number of hydrogen-bond acceptors (Lipinski definition) is 3. The third-order valence-electron chi connectivity index (χ3n) is 4.95. The predicted octanol–water partition coefficient (Wildman–Crippen LogP) is 3.40. The van der Waals surface area contributed by atoms with E-state index in [1.54, 1.807) is 16.4 Å². The van der Waals surface area contributed by atoms with Crippen LogP contribution >= 0.6 is 0 Å². The molecule has 0 amide bonds. The number of piperidine rings is 1. The number of aliphatic hydroxyl groups is 1. The van der Waals surface area contributed by atoms with Crippen molar-refractivity contribution < 1.29 is 13.5 Å². The highest BCUT2D eigenvalue weighted by Gasteiger charge is 2.29. The lowest BCUT2D eigenvalue weighted by Crippen LogP contribution is -2.38. The summed E-state index contributed by atoms with van der Waals surface area (Å²) in [6.07, 6.45) is 4.79. The van der Waals surface area contributed by atoms with Gasteiger partial charge in [0.25, 0.3) is 0 Å². The predicted molar refractivity (Wildman–Crippen MR) is 96.4 cm³/mol. The summed E-state index contributed by atoms with van der Waals surface area (Å²) in [6.45, 7) is 1.44. The molecule has 0 aromatic heterocycles. The molecule has 1 fully saturated rings. The number of hydrogen-bond donors (Lipinski definition) is 1. The van der Waals surface area contributed by atoms with E-state index in [1.165, 1.54) is 0 Å². The number of benzene rings is 2. The molecule has 0 spiro atoms. The second-order valence-corrected chi connectivity index (χ2v) is 8.51. The first-order chi connectivity index (χ1) is 11.6. The molecule has 1 aliphatic heterocycles. The van der Waals surface area contributed by atoms with Gasteiger partial charge in [-0.1, -0.05) is 43.2 Å². The third-order valence-corrected chi connectivity index (χ3v) is 6.85. The molecule has 2 aromatic rings. The van der Waals surface area contributed by atoms with Gasteiger partial charge >= 0.3 is 0 Å². The maximum Gasteiger partial charge on any atom is 0.243 e. The zero-order valence-electron chi connectivity index (χ0n) is 13.9. The fourth-order valence-electron chi connectivity index (χ4n) is 3.46. The molecule has 1 N–H and O–H groups in total. The summed E-state index contributed by atoms with van der Waals surface area (Å²) in [5.74, 6) is 0.583. The molecule has 4 nitrogen and oxygen atoms in total. The maximum atomic E-state index is 12.9. The highest BCUT2D eigenvalue weighted by molar-refractivity contribution is 7.89. The van der Waals surface area contributed by atoms with Crippen molar-refractivity contribution in [1.29, 1.82) is 0 Å². The summed E-state index contributed by atoms with van der Waals surface area (Å²) >= 11 is 0. The van der Waals surface area contributed by atoms with Gasteiger partial charge in [-0.2, -0.15) is 4.31 Å². The van der Waals surface area contributed by atoms with Gasteiger partial charge in [0.15, 0.2) is 0 Å². The van der Waals surface area contributed by atoms with Gasteiger partial charge in [0.1, 0.15) is 0 Å². The molecule has 24 heavy (non-hydrogen) atoms. The first-order valence-electron chi connectivity index (χ1n) is 8.71. The van der Waals surface area contributed by atoms with Crippen LogP contribution in [0.15, 0.2) is 47.4 Å². The van der Waals surface area contributed by atoms with Crippen molar-refractivity contribution in [2.45, 2.75) is 37.0 Å². The van der Waals surface area contributed by atoms with Gasteiger partial charge < -0.3 is 5.11 Å². The van der Waals surface area contributed by atoms with Crippen molar-refractivity contribution in [3.8, 4) is 0 Å². The Hall–Kier alpha value is -1.43. The Morgan fingerprint density at radius 1 is 1.00 bits per heavy atom. The van der Waals surface area contributed by atoms with Crippen LogP contribution in [0.5, 0.6) is 0 Å². The van der Waals surface area contributed by atoms with Crippen LogP contribution < -0.4 is 0 Å². The molecule has 130 valence electrons. The summed E-state index contributed by atoms with van der Waals surface area (Å²) in [6, 6.07) is 13.2. The second kappa shape index (κ2) is 7.64. The molecule has 1 aliphatic rings. The first-order valence-corrected chi connectivity index (χ1v) is 10.1. The van der Waals surface area contributed by atoms with Crippen LogP contribution in [0, 0.1) is 5.92 Å². The lowest BCUT2D eigenvalue weighted by molar-refractivity contribution is 0.243. The molecule has 0 radical (unpaired) electrons. The number of nitrogens with zero attached hydrogens (tertiary/aromatic N) is 1. The number of rotatable bonds is 6. The lowest BCUT2D eigenvalue weighted by atomic mass is 9.93. The molecule has 3 rings (SSSR count). The molecule has 1 saturated heterocycles. The van der Waals surface area contributed by atoms with Crippen molar-refractivity contribution in [2.24, 2.45) is 5.92 Å². The summed E-state index contributed by atoms with van der Waals surface area (Å²) in [7, 11) is -3.41. The Morgan fingerprint density at radius 2 is 1.71 bits per heavy atom. The molecule has 0 aliphatic carbocycles. The van der Waals surface area contributed by atoms with E-state index in [1.807, 2.05) is 30.3 Å². The third kappa shape index (κ3) is 3.79. The summed E-state index contributed by atoms with van der Waals surface area (Å²) in [5.41, 5.74) is 0. The Kier molecular flexibility index (Phi) is 5.54. The Bertz CT molecular complexity index is 780. The van der Waals surface area contributed by atoms with E-state index < -0.39 is 10.0 Å². The van der Waals surface area contributed by atoms with E-state index in [-0.39, 0.29) is 6.61 Å². The molecule has 0 saturated carbocycles. The normalized spacial score (nSPS) is 17.4. The minimum absolute atomic E-state index is 0.245. The Balaban J connectivity index is 1.69. The number of unbranched alkanes of at least 4 members (excludes halogenated alkanes) is 1. The lowest BCUT2D eigenvalue weighted by Gasteiger charge is -2.31. The van der Waals surface area contributed by atoms with Gasteiger partial charge in [-0.25, -0.2) is 8.42 Å². The number of fused-ring (bicyclic) bond motifs is 1. The average Bonchev–Trinajstić information content (AvgIpc) is 2.62. The van der Waals surface area contributed by atoms with E-state index in [4.69, 9.17) is 5.11 Å². The van der Waals surface area contributed by atoms with Crippen LogP contribution in [0.1, 0.15) is 32.1 Å². The SMILES string of the molecule is O=S(=O)(c1ccc2ccccc2c1)N1CCC(CCCCO)CC1. The highest BCUT2D eigenvalue weighted by atomic mass is 32.2. The van der Waals surface area contributed by atoms with E-state index in [9.17, 15) is 8.42 Å². The highest BCUT2D eigenvalue weighted by Crippen LogP contribution is 2.28. The zero-order chi connectivity index (χ0) is 17.0. The average molecular weight is 347 g/mol. The largest absolute Gasteiger partial charge is 0.396 e. The Morgan fingerprint density at radius 3 is 2.42 bits per heavy atom. The fraction of sp³-hybridized carbons (Fsp3) is 0.474. The minimum atomic E-state index is -3.41. The van der Waals surface area contributed by atoms with Gasteiger partial charge in [-0.3, -0.25) is 0 Å². The monoisotopic (exact) mass is 347 g/mol. The summed E-state index contributed by atoms with van der Waals surface area (Å²) in [4.78, 5) is 0.389. The number of aliphatic hydroxyl groups excluding tert-OH is 1. The molecule has 0 unspecified atom stereocenters. The van der Waals surface area contributed by atoms with E-state index in [0.717, 1.165) is 42.9 Å². The van der Waals surface area contributed by atoms with Gasteiger partial charge in [-0.05, 0) is 48.1 Å². The van der Waals surface area contributed by atoms with Crippen LogP contribution in [-0.2, 0) is 10.0 Å². The van der Waals surface area contributed by atoms with Crippen molar-refractivity contribution >= 4 is 20.8 Å². The molecule has 0 bridgehead atoms. The van der Waals surface area contributed by atoms with Gasteiger partial charge in [-0.15, -0.1) is 0 Å². The topological polar surface area (TPSA) is 57.6 Å². The molecule has 1 heterocycles. The standard InChI is InChI=1S/C19H25NO3S/c21-14-4-3-5-16-10-12-20(13-11-16)24(22,23)19-9-8-17-6-1-2-7-18(17)15-19/h1-2,6-9,15-16,21H,3-5,10-14H2. The molecule has 5 heteroatoms. The van der Waals surface area contributed by atoms with Crippen LogP contribution in [0.2, 0.25) is 0 Å². The minimum Gasteiger partial charge on any atom is -0.396 e. The molecule has 0 atom stereocenters. The van der Waals surface area contributed by atoms with Gasteiger partial charge in [0.05, 0.1) is 4.90 Å². The van der Waals surface area contributed by atoms with Crippen molar-refractivity contribution in [3.05, 3.63) is 42.5 Å². The number of sulfonamides is 1. The van der Waals surface area contributed by atoms with Gasteiger partial charge in [0.2, 0.25) is 10.0 Å². The van der Waals surface area contributed by atoms with Crippen LogP contribution in [0.25, 0.3) is 10.8 Å². The quantitative estimate of drug-likeness (QED) is 0.815. The van der Waals surface area contributed by atoms with Crippen LogP contribution in [0.4, 0.5) is 0 Å². The molecular weight excluding hydrogens is 322 g/mol. The van der Waals surface area contributed by atoms with Crippen LogP contribution in [-0.4, -0.2) is 37.5 Å². The smallest absolute Gasteiger partial charge is 0.243 e. The maximum absolute atomic E-state index is 12.9. The summed E-state index contributed by atoms with van der Waals surface area (Å²) < 4.78 is 27.4. The van der Waals surface area contributed by atoms with Crippen LogP contribution in [0.3, 0.4) is 0 Å². The summed E-state index contributed by atoms with van der Waals surface area (Å²) in [5, 5.41) is 10.9. The zero-order valence-corrected chi connectivity index (χ0v) is 14.7. The van der Waals surface area contributed by atoms with Crippen molar-refractivity contribution in [3.63, 3.8) is 0 Å². The fourth-order valence-corrected chi connectivity index (χ4v) is 4.97. The van der Waals surface area contributed by atoms with E-state index >= 15 is 0 Å². The molecule has 2 aromatic carbocycles. The second-order valence-electron chi connectivity index (χ2n) is 6.58. The van der Waals surface area contributed by atoms with E-state index in [0.29, 0.717) is 23.9 Å². The van der Waals surface area contributed by atoms with Gasteiger partial charge in [0, 0.05) is 19.7 Å².